The minimum atomic E-state index is -1.15. The molecule has 68 valence electrons. The van der Waals surface area contributed by atoms with E-state index in [1.165, 1.54) is 24.3 Å². The number of nitrogens with one attached hydrogen (secondary N) is 1. The second-order valence-corrected chi connectivity index (χ2v) is 2.37. The maximum absolute atomic E-state index is 10.6. The number of carbonyl (C=O) groups excluding carboxylic acids is 1. The van der Waals surface area contributed by atoms with Crippen LogP contribution in [0.2, 0.25) is 0 Å². The number of hydrogen-bond donors (Lipinski definition) is 3. The molecule has 0 bridgehead atoms. The molecular formula is C8H8N2O3. The van der Waals surface area contributed by atoms with Crippen molar-refractivity contribution in [2.24, 2.45) is 5.73 Å². The maximum atomic E-state index is 10.6. The molecule has 0 saturated heterocycles. The van der Waals surface area contributed by atoms with Gasteiger partial charge in [0.2, 0.25) is 5.91 Å². The minimum absolute atomic E-state index is 0.343. The Morgan fingerprint density at radius 1 is 1.23 bits per heavy atom. The van der Waals surface area contributed by atoms with E-state index in [1.807, 2.05) is 0 Å². The smallest absolute Gasteiger partial charge is 0.409 e. The zero-order chi connectivity index (χ0) is 9.84. The Hall–Kier alpha value is -2.04. The minimum Gasteiger partial charge on any atom is -0.465 e. The molecule has 0 heterocycles. The molecule has 0 unspecified atom stereocenters. The SMILES string of the molecule is NC(=O)c1ccc(NC(=O)O)cc1. The van der Waals surface area contributed by atoms with Gasteiger partial charge in [0.25, 0.3) is 0 Å². The summed E-state index contributed by atoms with van der Waals surface area (Å²) < 4.78 is 0. The summed E-state index contributed by atoms with van der Waals surface area (Å²) in [7, 11) is 0. The van der Waals surface area contributed by atoms with Crippen molar-refractivity contribution in [2.45, 2.75) is 0 Å². The van der Waals surface area contributed by atoms with Crippen molar-refractivity contribution in [1.29, 1.82) is 0 Å². The zero-order valence-corrected chi connectivity index (χ0v) is 6.65. The van der Waals surface area contributed by atoms with Crippen LogP contribution in [0.5, 0.6) is 0 Å². The molecule has 2 amide bonds. The average Bonchev–Trinajstić information content (AvgIpc) is 2.04. The Labute approximate surface area is 74.2 Å². The molecule has 0 aliphatic heterocycles. The van der Waals surface area contributed by atoms with E-state index in [4.69, 9.17) is 10.8 Å². The second-order valence-electron chi connectivity index (χ2n) is 2.37. The monoisotopic (exact) mass is 180 g/mol. The molecule has 0 atom stereocenters. The number of anilines is 1. The summed E-state index contributed by atoms with van der Waals surface area (Å²) in [5, 5.41) is 10.5. The Bertz CT molecular complexity index is 332. The third kappa shape index (κ3) is 2.48. The van der Waals surface area contributed by atoms with Crippen molar-refractivity contribution in [2.75, 3.05) is 5.32 Å². The predicted molar refractivity (Wildman–Crippen MR) is 46.6 cm³/mol. The van der Waals surface area contributed by atoms with Crippen LogP contribution in [0, 0.1) is 0 Å². The summed E-state index contributed by atoms with van der Waals surface area (Å²) in [4.78, 5) is 20.8. The molecule has 5 heteroatoms. The summed E-state index contributed by atoms with van der Waals surface area (Å²) >= 11 is 0. The van der Waals surface area contributed by atoms with Gasteiger partial charge in [0.15, 0.2) is 0 Å². The normalized spacial score (nSPS) is 9.23. The highest BCUT2D eigenvalue weighted by Crippen LogP contribution is 2.08. The molecule has 0 radical (unpaired) electrons. The van der Waals surface area contributed by atoms with Crippen molar-refractivity contribution >= 4 is 17.7 Å². The van der Waals surface area contributed by atoms with E-state index in [-0.39, 0.29) is 0 Å². The molecule has 0 saturated carbocycles. The first-order chi connectivity index (χ1) is 6.09. The van der Waals surface area contributed by atoms with Gasteiger partial charge in [-0.2, -0.15) is 0 Å². The van der Waals surface area contributed by atoms with Gasteiger partial charge in [0.1, 0.15) is 0 Å². The van der Waals surface area contributed by atoms with E-state index in [0.717, 1.165) is 0 Å². The topological polar surface area (TPSA) is 92.4 Å². The average molecular weight is 180 g/mol. The van der Waals surface area contributed by atoms with Gasteiger partial charge in [-0.15, -0.1) is 0 Å². The molecular weight excluding hydrogens is 172 g/mol. The molecule has 1 rings (SSSR count). The lowest BCUT2D eigenvalue weighted by atomic mass is 10.2. The van der Waals surface area contributed by atoms with E-state index in [0.29, 0.717) is 11.3 Å². The van der Waals surface area contributed by atoms with Crippen LogP contribution >= 0.6 is 0 Å². The maximum Gasteiger partial charge on any atom is 0.409 e. The highest BCUT2D eigenvalue weighted by molar-refractivity contribution is 5.93. The Balaban J connectivity index is 2.81. The first-order valence-corrected chi connectivity index (χ1v) is 3.49. The van der Waals surface area contributed by atoms with E-state index >= 15 is 0 Å². The summed E-state index contributed by atoms with van der Waals surface area (Å²) in [6.45, 7) is 0. The fourth-order valence-corrected chi connectivity index (χ4v) is 0.841. The van der Waals surface area contributed by atoms with Gasteiger partial charge in [0.05, 0.1) is 0 Å². The van der Waals surface area contributed by atoms with Gasteiger partial charge in [-0.25, -0.2) is 4.79 Å². The van der Waals surface area contributed by atoms with Crippen LogP contribution in [0.4, 0.5) is 10.5 Å². The molecule has 0 aromatic heterocycles. The van der Waals surface area contributed by atoms with Gasteiger partial charge >= 0.3 is 6.09 Å². The highest BCUT2D eigenvalue weighted by Gasteiger charge is 2.00. The first kappa shape index (κ1) is 9.05. The van der Waals surface area contributed by atoms with E-state index in [9.17, 15) is 9.59 Å². The zero-order valence-electron chi connectivity index (χ0n) is 6.65. The Morgan fingerprint density at radius 2 is 1.77 bits per heavy atom. The molecule has 0 aliphatic carbocycles. The quantitative estimate of drug-likeness (QED) is 0.630. The molecule has 0 aliphatic rings. The number of hydrogen-bond acceptors (Lipinski definition) is 2. The van der Waals surface area contributed by atoms with Gasteiger partial charge in [-0.3, -0.25) is 10.1 Å². The standard InChI is InChI=1S/C8H8N2O3/c9-7(11)5-1-3-6(4-2-5)10-8(12)13/h1-4,10H,(H2,9,11)(H,12,13). The van der Waals surface area contributed by atoms with Crippen LogP contribution in [0.1, 0.15) is 10.4 Å². The van der Waals surface area contributed by atoms with Crippen LogP contribution in [-0.4, -0.2) is 17.1 Å². The van der Waals surface area contributed by atoms with Crippen molar-refractivity contribution < 1.29 is 14.7 Å². The van der Waals surface area contributed by atoms with E-state index in [1.54, 1.807) is 0 Å². The van der Waals surface area contributed by atoms with Crippen LogP contribution < -0.4 is 11.1 Å². The number of amides is 2. The number of rotatable bonds is 2. The number of primary amides is 1. The van der Waals surface area contributed by atoms with E-state index in [2.05, 4.69) is 5.32 Å². The van der Waals surface area contributed by atoms with Crippen LogP contribution in [0.15, 0.2) is 24.3 Å². The molecule has 1 aromatic rings. The van der Waals surface area contributed by atoms with E-state index < -0.39 is 12.0 Å². The fraction of sp³-hybridized carbons (Fsp3) is 0. The highest BCUT2D eigenvalue weighted by atomic mass is 16.4. The van der Waals surface area contributed by atoms with Crippen molar-refractivity contribution in [3.05, 3.63) is 29.8 Å². The summed E-state index contributed by atoms with van der Waals surface area (Å²) in [6.07, 6.45) is -1.15. The van der Waals surface area contributed by atoms with Gasteiger partial charge in [-0.05, 0) is 24.3 Å². The lowest BCUT2D eigenvalue weighted by Crippen LogP contribution is -2.11. The van der Waals surface area contributed by atoms with Crippen molar-refractivity contribution in [3.8, 4) is 0 Å². The van der Waals surface area contributed by atoms with Crippen LogP contribution in [0.25, 0.3) is 0 Å². The van der Waals surface area contributed by atoms with Gasteiger partial charge in [-0.1, -0.05) is 0 Å². The number of benzene rings is 1. The second kappa shape index (κ2) is 3.57. The molecule has 0 spiro atoms. The van der Waals surface area contributed by atoms with Crippen LogP contribution in [-0.2, 0) is 0 Å². The fourth-order valence-electron chi connectivity index (χ4n) is 0.841. The molecule has 5 nitrogen and oxygen atoms in total. The van der Waals surface area contributed by atoms with Gasteiger partial charge in [0, 0.05) is 11.3 Å². The summed E-state index contributed by atoms with van der Waals surface area (Å²) in [5.41, 5.74) is 5.73. The Morgan fingerprint density at radius 3 is 2.15 bits per heavy atom. The molecule has 1 aromatic carbocycles. The third-order valence-electron chi connectivity index (χ3n) is 1.42. The number of nitrogens with two attached hydrogens (primary N) is 1. The number of carbonyl (C=O) groups is 2. The lowest BCUT2D eigenvalue weighted by Gasteiger charge is -2.00. The lowest BCUT2D eigenvalue weighted by molar-refractivity contribution is 0.100. The van der Waals surface area contributed by atoms with Crippen LogP contribution in [0.3, 0.4) is 0 Å². The first-order valence-electron chi connectivity index (χ1n) is 3.49. The molecule has 0 fully saturated rings. The molecule has 4 N–H and O–H groups in total. The largest absolute Gasteiger partial charge is 0.465 e. The molecule has 13 heavy (non-hydrogen) atoms. The van der Waals surface area contributed by atoms with Gasteiger partial charge < -0.3 is 10.8 Å². The summed E-state index contributed by atoms with van der Waals surface area (Å²) in [5.74, 6) is -0.540. The summed E-state index contributed by atoms with van der Waals surface area (Å²) in [6, 6.07) is 5.84. The van der Waals surface area contributed by atoms with Crippen molar-refractivity contribution in [1.82, 2.24) is 0 Å². The van der Waals surface area contributed by atoms with Crippen molar-refractivity contribution in [3.63, 3.8) is 0 Å². The third-order valence-corrected chi connectivity index (χ3v) is 1.42. The Kier molecular flexibility index (Phi) is 2.49. The predicted octanol–water partition coefficient (Wildman–Crippen LogP) is 0.875. The number of carboxylic acid groups (broad SMARTS) is 1.